The summed E-state index contributed by atoms with van der Waals surface area (Å²) in [5.74, 6) is 0.185. The molecular formula is C10H9N3O2. The summed E-state index contributed by atoms with van der Waals surface area (Å²) < 4.78 is 4.93. The summed E-state index contributed by atoms with van der Waals surface area (Å²) in [6, 6.07) is 6.55. The first-order valence-corrected chi connectivity index (χ1v) is 4.33. The molecule has 2 aromatic rings. The molecule has 0 saturated heterocycles. The Hall–Kier alpha value is -2.30. The average molecular weight is 203 g/mol. The van der Waals surface area contributed by atoms with Gasteiger partial charge in [-0.05, 0) is 24.3 Å². The Morgan fingerprint density at radius 2 is 2.27 bits per heavy atom. The third-order valence-corrected chi connectivity index (χ3v) is 1.82. The van der Waals surface area contributed by atoms with Crippen LogP contribution in [0.1, 0.15) is 10.6 Å². The van der Waals surface area contributed by atoms with Crippen molar-refractivity contribution < 1.29 is 9.21 Å². The van der Waals surface area contributed by atoms with Crippen molar-refractivity contribution in [2.45, 2.75) is 0 Å². The van der Waals surface area contributed by atoms with Gasteiger partial charge in [-0.25, -0.2) is 4.98 Å². The van der Waals surface area contributed by atoms with E-state index in [1.165, 1.54) is 6.26 Å². The minimum absolute atomic E-state index is 0.222. The van der Waals surface area contributed by atoms with Crippen LogP contribution in [0.25, 0.3) is 0 Å². The maximum atomic E-state index is 11.5. The molecule has 2 aromatic heterocycles. The quantitative estimate of drug-likeness (QED) is 0.775. The first-order valence-electron chi connectivity index (χ1n) is 4.33. The van der Waals surface area contributed by atoms with Gasteiger partial charge in [-0.3, -0.25) is 4.79 Å². The first-order chi connectivity index (χ1) is 7.27. The van der Waals surface area contributed by atoms with Crippen LogP contribution in [0.2, 0.25) is 0 Å². The molecule has 2 heterocycles. The van der Waals surface area contributed by atoms with Crippen LogP contribution in [0.4, 0.5) is 11.5 Å². The van der Waals surface area contributed by atoms with Crippen LogP contribution in [0.3, 0.4) is 0 Å². The molecule has 0 saturated carbocycles. The molecule has 1 amide bonds. The van der Waals surface area contributed by atoms with Crippen molar-refractivity contribution in [3.63, 3.8) is 0 Å². The lowest BCUT2D eigenvalue weighted by atomic mass is 10.3. The van der Waals surface area contributed by atoms with Crippen LogP contribution in [0.15, 0.2) is 41.1 Å². The highest BCUT2D eigenvalue weighted by atomic mass is 16.3. The number of carbonyl (C=O) groups is 1. The molecule has 0 aromatic carbocycles. The molecule has 0 fully saturated rings. The van der Waals surface area contributed by atoms with Crippen molar-refractivity contribution in [3.05, 3.63) is 42.5 Å². The van der Waals surface area contributed by atoms with Gasteiger partial charge in [0.2, 0.25) is 0 Å². The molecule has 3 N–H and O–H groups in total. The van der Waals surface area contributed by atoms with Crippen molar-refractivity contribution in [2.75, 3.05) is 11.1 Å². The van der Waals surface area contributed by atoms with Gasteiger partial charge in [0.25, 0.3) is 5.91 Å². The van der Waals surface area contributed by atoms with E-state index in [1.807, 2.05) is 0 Å². The minimum Gasteiger partial charge on any atom is -0.459 e. The zero-order chi connectivity index (χ0) is 10.7. The SMILES string of the molecule is Nc1cccnc1NC(=O)c1ccco1. The molecule has 0 unspecified atom stereocenters. The second-order valence-electron chi connectivity index (χ2n) is 2.87. The van der Waals surface area contributed by atoms with Gasteiger partial charge >= 0.3 is 0 Å². The van der Waals surface area contributed by atoms with Crippen LogP contribution in [-0.2, 0) is 0 Å². The lowest BCUT2D eigenvalue weighted by molar-refractivity contribution is 0.0996. The van der Waals surface area contributed by atoms with E-state index in [2.05, 4.69) is 10.3 Å². The highest BCUT2D eigenvalue weighted by Gasteiger charge is 2.10. The summed E-state index contributed by atoms with van der Waals surface area (Å²) in [7, 11) is 0. The Labute approximate surface area is 85.9 Å². The number of nitrogens with one attached hydrogen (secondary N) is 1. The first kappa shape index (κ1) is 9.26. The van der Waals surface area contributed by atoms with E-state index in [9.17, 15) is 4.79 Å². The van der Waals surface area contributed by atoms with E-state index in [1.54, 1.807) is 30.5 Å². The number of pyridine rings is 1. The minimum atomic E-state index is -0.370. The van der Waals surface area contributed by atoms with E-state index in [-0.39, 0.29) is 11.7 Å². The summed E-state index contributed by atoms with van der Waals surface area (Å²) in [4.78, 5) is 15.5. The highest BCUT2D eigenvalue weighted by molar-refractivity contribution is 6.03. The molecule has 0 aliphatic heterocycles. The van der Waals surface area contributed by atoms with E-state index < -0.39 is 0 Å². The van der Waals surface area contributed by atoms with Gasteiger partial charge < -0.3 is 15.5 Å². The largest absolute Gasteiger partial charge is 0.459 e. The van der Waals surface area contributed by atoms with Gasteiger partial charge in [0.1, 0.15) is 0 Å². The maximum Gasteiger partial charge on any atom is 0.292 e. The molecule has 0 bridgehead atoms. The predicted octanol–water partition coefficient (Wildman–Crippen LogP) is 1.51. The van der Waals surface area contributed by atoms with Crippen molar-refractivity contribution in [1.82, 2.24) is 4.98 Å². The van der Waals surface area contributed by atoms with Crippen LogP contribution in [0.5, 0.6) is 0 Å². The fourth-order valence-corrected chi connectivity index (χ4v) is 1.10. The number of aromatic nitrogens is 1. The Bertz CT molecular complexity index is 465. The van der Waals surface area contributed by atoms with Crippen LogP contribution in [-0.4, -0.2) is 10.9 Å². The maximum absolute atomic E-state index is 11.5. The highest BCUT2D eigenvalue weighted by Crippen LogP contribution is 2.14. The normalized spacial score (nSPS) is 9.87. The smallest absolute Gasteiger partial charge is 0.292 e. The van der Waals surface area contributed by atoms with Gasteiger partial charge in [-0.2, -0.15) is 0 Å². The van der Waals surface area contributed by atoms with Crippen molar-refractivity contribution >= 4 is 17.4 Å². The van der Waals surface area contributed by atoms with Gasteiger partial charge in [-0.1, -0.05) is 0 Å². The number of nitrogens with zero attached hydrogens (tertiary/aromatic N) is 1. The van der Waals surface area contributed by atoms with Crippen LogP contribution in [0, 0.1) is 0 Å². The lowest BCUT2D eigenvalue weighted by Crippen LogP contribution is -2.13. The second kappa shape index (κ2) is 3.83. The van der Waals surface area contributed by atoms with E-state index >= 15 is 0 Å². The summed E-state index contributed by atoms with van der Waals surface area (Å²) >= 11 is 0. The fraction of sp³-hybridized carbons (Fsp3) is 0. The molecule has 0 aliphatic carbocycles. The number of rotatable bonds is 2. The lowest BCUT2D eigenvalue weighted by Gasteiger charge is -2.04. The van der Waals surface area contributed by atoms with E-state index in [0.29, 0.717) is 11.5 Å². The third-order valence-electron chi connectivity index (χ3n) is 1.82. The number of nitrogen functional groups attached to an aromatic ring is 1. The second-order valence-corrected chi connectivity index (χ2v) is 2.87. The number of amides is 1. The molecule has 5 heteroatoms. The summed E-state index contributed by atoms with van der Waals surface area (Å²) in [5.41, 5.74) is 6.03. The van der Waals surface area contributed by atoms with E-state index in [0.717, 1.165) is 0 Å². The van der Waals surface area contributed by atoms with E-state index in [4.69, 9.17) is 10.2 Å². The van der Waals surface area contributed by atoms with Gasteiger partial charge in [0.15, 0.2) is 11.6 Å². The fourth-order valence-electron chi connectivity index (χ4n) is 1.10. The molecule has 15 heavy (non-hydrogen) atoms. The van der Waals surface area contributed by atoms with Crippen molar-refractivity contribution in [1.29, 1.82) is 0 Å². The summed E-state index contributed by atoms with van der Waals surface area (Å²) in [6.45, 7) is 0. The molecular weight excluding hydrogens is 194 g/mol. The topological polar surface area (TPSA) is 81.1 Å². The number of anilines is 2. The molecule has 0 radical (unpaired) electrons. The Morgan fingerprint density at radius 3 is 2.93 bits per heavy atom. The molecule has 2 rings (SSSR count). The molecule has 0 aliphatic rings. The summed E-state index contributed by atoms with van der Waals surface area (Å²) in [5, 5.41) is 2.54. The molecule has 5 nitrogen and oxygen atoms in total. The molecule has 0 spiro atoms. The number of hydrogen-bond acceptors (Lipinski definition) is 4. The zero-order valence-corrected chi connectivity index (χ0v) is 7.81. The van der Waals surface area contributed by atoms with Crippen molar-refractivity contribution in [2.24, 2.45) is 0 Å². The Kier molecular flexibility index (Phi) is 2.37. The predicted molar refractivity (Wildman–Crippen MR) is 55.3 cm³/mol. The summed E-state index contributed by atoms with van der Waals surface area (Å²) in [6.07, 6.45) is 2.98. The number of hydrogen-bond donors (Lipinski definition) is 2. The van der Waals surface area contributed by atoms with Crippen LogP contribution >= 0.6 is 0 Å². The number of carbonyl (C=O) groups excluding carboxylic acids is 1. The Balaban J connectivity index is 2.17. The molecule has 76 valence electrons. The van der Waals surface area contributed by atoms with Crippen molar-refractivity contribution in [3.8, 4) is 0 Å². The number of furan rings is 1. The number of nitrogens with two attached hydrogens (primary N) is 1. The standard InChI is InChI=1S/C10H9N3O2/c11-7-3-1-5-12-9(7)13-10(14)8-4-2-6-15-8/h1-6H,11H2,(H,12,13,14). The third kappa shape index (κ3) is 1.96. The Morgan fingerprint density at radius 1 is 1.40 bits per heavy atom. The zero-order valence-electron chi connectivity index (χ0n) is 7.81. The van der Waals surface area contributed by atoms with Gasteiger partial charge in [-0.15, -0.1) is 0 Å². The molecule has 0 atom stereocenters. The van der Waals surface area contributed by atoms with Gasteiger partial charge in [0, 0.05) is 6.20 Å². The van der Waals surface area contributed by atoms with Gasteiger partial charge in [0.05, 0.1) is 12.0 Å². The van der Waals surface area contributed by atoms with Crippen LogP contribution < -0.4 is 11.1 Å². The average Bonchev–Trinajstić information content (AvgIpc) is 2.74. The monoisotopic (exact) mass is 203 g/mol.